The number of nitrogens with zero attached hydrogens (tertiary/aromatic N) is 3. The molecule has 0 amide bonds. The van der Waals surface area contributed by atoms with Crippen molar-refractivity contribution in [2.45, 2.75) is 25.2 Å². The third kappa shape index (κ3) is 4.66. The van der Waals surface area contributed by atoms with Crippen LogP contribution in [0.1, 0.15) is 17.8 Å². The van der Waals surface area contributed by atoms with Gasteiger partial charge in [0.2, 0.25) is 10.0 Å². The molecule has 1 aliphatic rings. The monoisotopic (exact) mass is 351 g/mol. The fourth-order valence-corrected chi connectivity index (χ4v) is 4.17. The van der Waals surface area contributed by atoms with Crippen molar-refractivity contribution in [3.63, 3.8) is 0 Å². The van der Waals surface area contributed by atoms with E-state index in [4.69, 9.17) is 0 Å². The Labute approximate surface area is 138 Å². The van der Waals surface area contributed by atoms with Crippen LogP contribution in [0.5, 0.6) is 0 Å². The molecule has 0 radical (unpaired) electrons. The molecule has 0 saturated carbocycles. The Balaban J connectivity index is 0.00000242. The van der Waals surface area contributed by atoms with Gasteiger partial charge >= 0.3 is 0 Å². The van der Waals surface area contributed by atoms with Crippen LogP contribution >= 0.6 is 12.4 Å². The Kier molecular flexibility index (Phi) is 7.27. The lowest BCUT2D eigenvalue weighted by atomic mass is 10.3. The summed E-state index contributed by atoms with van der Waals surface area (Å²) in [6, 6.07) is 0. The number of hydrogen-bond acceptors (Lipinski definition) is 5. The van der Waals surface area contributed by atoms with Gasteiger partial charge in [0, 0.05) is 39.8 Å². The first kappa shape index (κ1) is 19.4. The van der Waals surface area contributed by atoms with Crippen LogP contribution in [0.4, 0.5) is 0 Å². The summed E-state index contributed by atoms with van der Waals surface area (Å²) in [4.78, 5) is 2.66. The molecular weight excluding hydrogens is 326 g/mol. The summed E-state index contributed by atoms with van der Waals surface area (Å²) < 4.78 is 29.0. The van der Waals surface area contributed by atoms with Crippen LogP contribution in [0.3, 0.4) is 0 Å². The zero-order chi connectivity index (χ0) is 15.5. The molecule has 2 heterocycles. The topological polar surface area (TPSA) is 79.3 Å². The van der Waals surface area contributed by atoms with Gasteiger partial charge in [-0.1, -0.05) is 0 Å². The highest BCUT2D eigenvalue weighted by Crippen LogP contribution is 2.18. The summed E-state index contributed by atoms with van der Waals surface area (Å²) in [6.07, 6.45) is 0.817. The van der Waals surface area contributed by atoms with Crippen molar-refractivity contribution in [1.82, 2.24) is 24.7 Å². The molecule has 7 nitrogen and oxygen atoms in total. The zero-order valence-electron chi connectivity index (χ0n) is 13.4. The van der Waals surface area contributed by atoms with E-state index in [9.17, 15) is 8.42 Å². The lowest BCUT2D eigenvalue weighted by Crippen LogP contribution is -2.44. The molecule has 1 aromatic rings. The lowest BCUT2D eigenvalue weighted by Gasteiger charge is -2.27. The van der Waals surface area contributed by atoms with Gasteiger partial charge in [-0.05, 0) is 26.8 Å². The number of sulfonamides is 1. The van der Waals surface area contributed by atoms with Gasteiger partial charge in [-0.2, -0.15) is 5.10 Å². The fourth-order valence-electron chi connectivity index (χ4n) is 2.66. The Morgan fingerprint density at radius 1 is 1.27 bits per heavy atom. The minimum absolute atomic E-state index is 0. The van der Waals surface area contributed by atoms with Crippen molar-refractivity contribution in [3.05, 3.63) is 11.4 Å². The number of aryl methyl sites for hydroxylation is 2. The third-order valence-electron chi connectivity index (χ3n) is 3.86. The van der Waals surface area contributed by atoms with E-state index in [1.165, 1.54) is 0 Å². The van der Waals surface area contributed by atoms with Crippen LogP contribution in [0.2, 0.25) is 0 Å². The van der Waals surface area contributed by atoms with E-state index < -0.39 is 10.0 Å². The SMILES string of the molecule is Cc1nn(C)c(C)c1S(=O)(=O)NCCCN1CCNCC1.Cl. The normalized spacial score (nSPS) is 16.5. The first-order chi connectivity index (χ1) is 9.92. The first-order valence-corrected chi connectivity index (χ1v) is 8.83. The van der Waals surface area contributed by atoms with Crippen LogP contribution in [0, 0.1) is 13.8 Å². The predicted molar refractivity (Wildman–Crippen MR) is 89.0 cm³/mol. The van der Waals surface area contributed by atoms with Crippen molar-refractivity contribution in [1.29, 1.82) is 0 Å². The molecular formula is C13H26ClN5O2S. The summed E-state index contributed by atoms with van der Waals surface area (Å²) in [7, 11) is -1.71. The molecule has 1 aromatic heterocycles. The highest BCUT2D eigenvalue weighted by molar-refractivity contribution is 7.89. The molecule has 1 fully saturated rings. The molecule has 0 aromatic carbocycles. The molecule has 128 valence electrons. The standard InChI is InChI=1S/C13H25N5O2S.ClH/c1-11-13(12(2)17(3)16-11)21(19,20)15-5-4-8-18-9-6-14-7-10-18;/h14-15H,4-10H2,1-3H3;1H. The van der Waals surface area contributed by atoms with Crippen LogP contribution < -0.4 is 10.0 Å². The minimum Gasteiger partial charge on any atom is -0.314 e. The van der Waals surface area contributed by atoms with Crippen molar-refractivity contribution in [2.75, 3.05) is 39.3 Å². The predicted octanol–water partition coefficient (Wildman–Crippen LogP) is 0.0323. The zero-order valence-corrected chi connectivity index (χ0v) is 15.1. The molecule has 1 aliphatic heterocycles. The van der Waals surface area contributed by atoms with Gasteiger partial charge in [-0.15, -0.1) is 12.4 Å². The minimum atomic E-state index is -3.47. The number of halogens is 1. The van der Waals surface area contributed by atoms with Crippen molar-refractivity contribution in [2.24, 2.45) is 7.05 Å². The molecule has 1 saturated heterocycles. The van der Waals surface area contributed by atoms with Crippen LogP contribution in [-0.4, -0.2) is 62.4 Å². The van der Waals surface area contributed by atoms with Gasteiger partial charge in [0.25, 0.3) is 0 Å². The third-order valence-corrected chi connectivity index (χ3v) is 5.58. The van der Waals surface area contributed by atoms with E-state index >= 15 is 0 Å². The molecule has 0 aliphatic carbocycles. The Hall–Kier alpha value is -0.670. The second-order valence-corrected chi connectivity index (χ2v) is 7.17. The van der Waals surface area contributed by atoms with E-state index in [0.717, 1.165) is 39.1 Å². The fraction of sp³-hybridized carbons (Fsp3) is 0.769. The average Bonchev–Trinajstić information content (AvgIpc) is 2.70. The highest BCUT2D eigenvalue weighted by Gasteiger charge is 2.23. The second kappa shape index (κ2) is 8.26. The van der Waals surface area contributed by atoms with Crippen molar-refractivity contribution >= 4 is 22.4 Å². The van der Waals surface area contributed by atoms with Crippen LogP contribution in [-0.2, 0) is 17.1 Å². The first-order valence-electron chi connectivity index (χ1n) is 7.35. The number of hydrogen-bond donors (Lipinski definition) is 2. The largest absolute Gasteiger partial charge is 0.314 e. The van der Waals surface area contributed by atoms with Crippen LogP contribution in [0.25, 0.3) is 0 Å². The van der Waals surface area contributed by atoms with Crippen molar-refractivity contribution in [3.8, 4) is 0 Å². The maximum Gasteiger partial charge on any atom is 0.244 e. The maximum absolute atomic E-state index is 12.4. The summed E-state index contributed by atoms with van der Waals surface area (Å²) in [5.41, 5.74) is 1.21. The molecule has 9 heteroatoms. The molecule has 0 spiro atoms. The molecule has 0 atom stereocenters. The number of piperazine rings is 1. The maximum atomic E-state index is 12.4. The Morgan fingerprint density at radius 3 is 2.45 bits per heavy atom. The van der Waals surface area contributed by atoms with Gasteiger partial charge in [-0.25, -0.2) is 13.1 Å². The summed E-state index contributed by atoms with van der Waals surface area (Å²) in [5, 5.41) is 7.46. The van der Waals surface area contributed by atoms with Crippen molar-refractivity contribution < 1.29 is 8.42 Å². The quantitative estimate of drug-likeness (QED) is 0.707. The summed E-state index contributed by atoms with van der Waals surface area (Å²) >= 11 is 0. The van der Waals surface area contributed by atoms with Gasteiger partial charge in [0.05, 0.1) is 11.4 Å². The molecule has 2 N–H and O–H groups in total. The second-order valence-electron chi connectivity index (χ2n) is 5.47. The lowest BCUT2D eigenvalue weighted by molar-refractivity contribution is 0.239. The van der Waals surface area contributed by atoms with E-state index in [-0.39, 0.29) is 12.4 Å². The molecule has 22 heavy (non-hydrogen) atoms. The van der Waals surface area contributed by atoms with Gasteiger partial charge < -0.3 is 10.2 Å². The molecule has 0 unspecified atom stereocenters. The van der Waals surface area contributed by atoms with E-state index in [1.807, 2.05) is 0 Å². The van der Waals surface area contributed by atoms with E-state index in [2.05, 4.69) is 20.0 Å². The number of aromatic nitrogens is 2. The van der Waals surface area contributed by atoms with Gasteiger partial charge in [0.15, 0.2) is 0 Å². The summed E-state index contributed by atoms with van der Waals surface area (Å²) in [6.45, 7) is 8.98. The Bertz CT molecular complexity index is 581. The summed E-state index contributed by atoms with van der Waals surface area (Å²) in [5.74, 6) is 0. The Morgan fingerprint density at radius 2 is 1.91 bits per heavy atom. The average molecular weight is 352 g/mol. The van der Waals surface area contributed by atoms with Crippen LogP contribution in [0.15, 0.2) is 4.90 Å². The smallest absolute Gasteiger partial charge is 0.244 e. The number of nitrogens with one attached hydrogen (secondary N) is 2. The van der Waals surface area contributed by atoms with Gasteiger partial charge in [-0.3, -0.25) is 4.68 Å². The molecule has 0 bridgehead atoms. The van der Waals surface area contributed by atoms with E-state index in [0.29, 0.717) is 22.8 Å². The molecule has 2 rings (SSSR count). The van der Waals surface area contributed by atoms with E-state index in [1.54, 1.807) is 25.6 Å². The number of rotatable bonds is 6. The highest BCUT2D eigenvalue weighted by atomic mass is 35.5. The van der Waals surface area contributed by atoms with Gasteiger partial charge in [0.1, 0.15) is 4.90 Å².